The van der Waals surface area contributed by atoms with Gasteiger partial charge in [-0.1, -0.05) is 29.8 Å². The number of anilines is 1. The molecular weight excluding hydrogens is 312 g/mol. The number of amides is 1. The molecule has 1 aliphatic rings. The molecule has 1 atom stereocenters. The first-order valence-corrected chi connectivity index (χ1v) is 6.61. The van der Waals surface area contributed by atoms with Crippen LogP contribution < -0.4 is 5.32 Å². The lowest BCUT2D eigenvalue weighted by Crippen LogP contribution is -2.27. The third kappa shape index (κ3) is 2.68. The fourth-order valence-electron chi connectivity index (χ4n) is 1.88. The third-order valence-corrected chi connectivity index (χ3v) is 3.35. The van der Waals surface area contributed by atoms with Gasteiger partial charge in [0.25, 0.3) is 5.91 Å². The standard InChI is InChI=1S/C13H13BrN2O3/c1-6(2)10(13(18)19)16-11-8-5-7(14)3-4-9(8)15-12(11)17/h3-6,10H,1-2H3,(H,18,19)(H,15,16,17)/t10-/m0/s1. The van der Waals surface area contributed by atoms with Gasteiger partial charge in [0.1, 0.15) is 5.71 Å². The molecule has 1 amide bonds. The van der Waals surface area contributed by atoms with Crippen molar-refractivity contribution >= 4 is 39.2 Å². The second kappa shape index (κ2) is 5.13. The van der Waals surface area contributed by atoms with Gasteiger partial charge in [-0.25, -0.2) is 4.79 Å². The first-order chi connectivity index (χ1) is 8.90. The van der Waals surface area contributed by atoms with Gasteiger partial charge in [-0.3, -0.25) is 9.79 Å². The zero-order chi connectivity index (χ0) is 14.2. The molecule has 0 fully saturated rings. The lowest BCUT2D eigenvalue weighted by molar-refractivity contribution is -0.139. The second-order valence-corrected chi connectivity index (χ2v) is 5.56. The highest BCUT2D eigenvalue weighted by molar-refractivity contribution is 9.10. The smallest absolute Gasteiger partial charge is 0.328 e. The average Bonchev–Trinajstić information content (AvgIpc) is 2.60. The molecule has 5 nitrogen and oxygen atoms in total. The molecule has 1 aliphatic heterocycles. The average molecular weight is 325 g/mol. The molecule has 1 aromatic carbocycles. The van der Waals surface area contributed by atoms with Crippen molar-refractivity contribution in [3.63, 3.8) is 0 Å². The van der Waals surface area contributed by atoms with Crippen molar-refractivity contribution in [3.8, 4) is 0 Å². The van der Waals surface area contributed by atoms with Crippen molar-refractivity contribution in [2.45, 2.75) is 19.9 Å². The van der Waals surface area contributed by atoms with E-state index in [4.69, 9.17) is 5.11 Å². The van der Waals surface area contributed by atoms with Crippen LogP contribution in [0, 0.1) is 5.92 Å². The molecule has 2 rings (SSSR count). The molecule has 0 saturated heterocycles. The molecule has 0 aromatic heterocycles. The van der Waals surface area contributed by atoms with Gasteiger partial charge < -0.3 is 10.4 Å². The normalized spacial score (nSPS) is 17.5. The van der Waals surface area contributed by atoms with E-state index in [1.165, 1.54) is 0 Å². The summed E-state index contributed by atoms with van der Waals surface area (Å²) in [5.41, 5.74) is 1.46. The van der Waals surface area contributed by atoms with Crippen LogP contribution in [-0.2, 0) is 9.59 Å². The monoisotopic (exact) mass is 324 g/mol. The van der Waals surface area contributed by atoms with Crippen LogP contribution in [0.25, 0.3) is 0 Å². The van der Waals surface area contributed by atoms with Gasteiger partial charge in [0.15, 0.2) is 6.04 Å². The number of nitrogens with zero attached hydrogens (tertiary/aromatic N) is 1. The Morgan fingerprint density at radius 3 is 2.68 bits per heavy atom. The van der Waals surface area contributed by atoms with Crippen LogP contribution in [0.3, 0.4) is 0 Å². The van der Waals surface area contributed by atoms with E-state index in [-0.39, 0.29) is 17.5 Å². The highest BCUT2D eigenvalue weighted by Gasteiger charge is 2.29. The lowest BCUT2D eigenvalue weighted by Gasteiger charge is -2.11. The number of aliphatic imine (C=N–C) groups is 1. The Morgan fingerprint density at radius 2 is 2.11 bits per heavy atom. The molecule has 0 spiro atoms. The Kier molecular flexibility index (Phi) is 3.71. The predicted molar refractivity (Wildman–Crippen MR) is 75.6 cm³/mol. The Labute approximate surface area is 118 Å². The van der Waals surface area contributed by atoms with Crippen LogP contribution in [0.15, 0.2) is 27.7 Å². The molecule has 0 bridgehead atoms. The zero-order valence-corrected chi connectivity index (χ0v) is 12.1. The third-order valence-electron chi connectivity index (χ3n) is 2.85. The number of hydrogen-bond donors (Lipinski definition) is 2. The summed E-state index contributed by atoms with van der Waals surface area (Å²) in [7, 11) is 0. The molecule has 0 saturated carbocycles. The number of carbonyl (C=O) groups excluding carboxylic acids is 1. The van der Waals surface area contributed by atoms with Crippen molar-refractivity contribution in [1.82, 2.24) is 0 Å². The molecular formula is C13H13BrN2O3. The second-order valence-electron chi connectivity index (χ2n) is 4.65. The number of benzene rings is 1. The lowest BCUT2D eigenvalue weighted by atomic mass is 10.0. The van der Waals surface area contributed by atoms with Gasteiger partial charge in [0.05, 0.1) is 5.69 Å². The largest absolute Gasteiger partial charge is 0.480 e. The Morgan fingerprint density at radius 1 is 1.42 bits per heavy atom. The quantitative estimate of drug-likeness (QED) is 0.895. The molecule has 6 heteroatoms. The van der Waals surface area contributed by atoms with E-state index in [1.807, 2.05) is 0 Å². The number of nitrogens with one attached hydrogen (secondary N) is 1. The maximum atomic E-state index is 11.9. The summed E-state index contributed by atoms with van der Waals surface area (Å²) in [4.78, 5) is 27.2. The number of carboxylic acid groups (broad SMARTS) is 1. The fourth-order valence-corrected chi connectivity index (χ4v) is 2.24. The number of aliphatic carboxylic acids is 1. The van der Waals surface area contributed by atoms with E-state index < -0.39 is 12.0 Å². The van der Waals surface area contributed by atoms with Crippen LogP contribution in [0.4, 0.5) is 5.69 Å². The first kappa shape index (κ1) is 13.7. The molecule has 1 heterocycles. The van der Waals surface area contributed by atoms with Crippen molar-refractivity contribution in [2.75, 3.05) is 5.32 Å². The number of rotatable bonds is 3. The molecule has 100 valence electrons. The van der Waals surface area contributed by atoms with Gasteiger partial charge in [0.2, 0.25) is 0 Å². The van der Waals surface area contributed by atoms with E-state index in [0.717, 1.165) is 4.47 Å². The maximum absolute atomic E-state index is 11.9. The van der Waals surface area contributed by atoms with Gasteiger partial charge in [0, 0.05) is 10.0 Å². The number of carbonyl (C=O) groups is 2. The minimum Gasteiger partial charge on any atom is -0.480 e. The van der Waals surface area contributed by atoms with Crippen LogP contribution in [0.1, 0.15) is 19.4 Å². The van der Waals surface area contributed by atoms with Gasteiger partial charge >= 0.3 is 5.97 Å². The summed E-state index contributed by atoms with van der Waals surface area (Å²) in [6, 6.07) is 4.39. The minimum atomic E-state index is -1.03. The summed E-state index contributed by atoms with van der Waals surface area (Å²) < 4.78 is 0.812. The van der Waals surface area contributed by atoms with Gasteiger partial charge in [-0.05, 0) is 24.1 Å². The number of hydrogen-bond acceptors (Lipinski definition) is 3. The van der Waals surface area contributed by atoms with Crippen molar-refractivity contribution < 1.29 is 14.7 Å². The summed E-state index contributed by atoms with van der Waals surface area (Å²) in [5.74, 6) is -1.58. The minimum absolute atomic E-state index is 0.178. The van der Waals surface area contributed by atoms with Crippen LogP contribution in [-0.4, -0.2) is 28.7 Å². The Bertz CT molecular complexity index is 581. The van der Waals surface area contributed by atoms with Crippen LogP contribution in [0.2, 0.25) is 0 Å². The van der Waals surface area contributed by atoms with Gasteiger partial charge in [-0.15, -0.1) is 0 Å². The maximum Gasteiger partial charge on any atom is 0.328 e. The summed E-state index contributed by atoms with van der Waals surface area (Å²) in [6.45, 7) is 3.52. The number of fused-ring (bicyclic) bond motifs is 1. The predicted octanol–water partition coefficient (Wildman–Crippen LogP) is 2.30. The Balaban J connectivity index is 2.48. The summed E-state index contributed by atoms with van der Waals surface area (Å²) in [5, 5.41) is 11.8. The SMILES string of the molecule is CC(C)[C@H](N=C1C(=O)Nc2ccc(Br)cc21)C(=O)O. The van der Waals surface area contributed by atoms with E-state index in [1.54, 1.807) is 32.0 Å². The van der Waals surface area contributed by atoms with Crippen LogP contribution in [0.5, 0.6) is 0 Å². The first-order valence-electron chi connectivity index (χ1n) is 5.82. The van der Waals surface area contributed by atoms with Crippen molar-refractivity contribution in [2.24, 2.45) is 10.9 Å². The van der Waals surface area contributed by atoms with Crippen LogP contribution >= 0.6 is 15.9 Å². The topological polar surface area (TPSA) is 78.8 Å². The van der Waals surface area contributed by atoms with Crippen molar-refractivity contribution in [3.05, 3.63) is 28.2 Å². The molecule has 19 heavy (non-hydrogen) atoms. The number of halogens is 1. The molecule has 0 unspecified atom stereocenters. The fraction of sp³-hybridized carbons (Fsp3) is 0.308. The molecule has 2 N–H and O–H groups in total. The van der Waals surface area contributed by atoms with E-state index >= 15 is 0 Å². The highest BCUT2D eigenvalue weighted by Crippen LogP contribution is 2.27. The summed E-state index contributed by atoms with van der Waals surface area (Å²) >= 11 is 3.33. The van der Waals surface area contributed by atoms with Crippen molar-refractivity contribution in [1.29, 1.82) is 0 Å². The number of carboxylic acids is 1. The molecule has 0 aliphatic carbocycles. The van der Waals surface area contributed by atoms with E-state index in [0.29, 0.717) is 11.3 Å². The Hall–Kier alpha value is -1.69. The van der Waals surface area contributed by atoms with Gasteiger partial charge in [-0.2, -0.15) is 0 Å². The summed E-state index contributed by atoms with van der Waals surface area (Å²) in [6.07, 6.45) is 0. The van der Waals surface area contributed by atoms with E-state index in [9.17, 15) is 9.59 Å². The van der Waals surface area contributed by atoms with E-state index in [2.05, 4.69) is 26.2 Å². The zero-order valence-electron chi connectivity index (χ0n) is 10.5. The molecule has 1 aromatic rings. The molecule has 0 radical (unpaired) electrons. The highest BCUT2D eigenvalue weighted by atomic mass is 79.9.